The second-order valence-corrected chi connectivity index (χ2v) is 5.85. The van der Waals surface area contributed by atoms with Gasteiger partial charge in [-0.15, -0.1) is 10.2 Å². The third-order valence-electron chi connectivity index (χ3n) is 4.18. The predicted octanol–water partition coefficient (Wildman–Crippen LogP) is 2.75. The number of rotatable bonds is 6. The molecule has 0 bridgehead atoms. The first kappa shape index (κ1) is 15.9. The van der Waals surface area contributed by atoms with Gasteiger partial charge in [-0.1, -0.05) is 36.4 Å². The summed E-state index contributed by atoms with van der Waals surface area (Å²) in [5, 5.41) is 23.2. The van der Waals surface area contributed by atoms with Gasteiger partial charge >= 0.3 is 5.97 Å². The normalized spacial score (nSPS) is 11.1. The van der Waals surface area contributed by atoms with Crippen LogP contribution < -0.4 is 0 Å². The summed E-state index contributed by atoms with van der Waals surface area (Å²) in [5.74, 6) is 0.449. The quantitative estimate of drug-likeness (QED) is 0.554. The Morgan fingerprint density at radius 2 is 1.85 bits per heavy atom. The van der Waals surface area contributed by atoms with E-state index in [0.29, 0.717) is 18.8 Å². The Balaban J connectivity index is 1.85. The van der Waals surface area contributed by atoms with E-state index in [4.69, 9.17) is 10.1 Å². The number of nitrogens with zero attached hydrogens (tertiary/aromatic N) is 5. The molecule has 130 valence electrons. The van der Waals surface area contributed by atoms with Gasteiger partial charge in [0.2, 0.25) is 5.82 Å². The number of hydrogen-bond acceptors (Lipinski definition) is 5. The lowest BCUT2D eigenvalue weighted by atomic mass is 10.1. The Morgan fingerprint density at radius 1 is 1.08 bits per heavy atom. The molecule has 0 radical (unpaired) electrons. The molecule has 0 aliphatic carbocycles. The maximum absolute atomic E-state index is 10.9. The summed E-state index contributed by atoms with van der Waals surface area (Å²) in [7, 11) is 0. The summed E-state index contributed by atoms with van der Waals surface area (Å²) >= 11 is 0. The largest absolute Gasteiger partial charge is 0.481 e. The van der Waals surface area contributed by atoms with Crippen molar-refractivity contribution in [1.29, 1.82) is 0 Å². The van der Waals surface area contributed by atoms with E-state index in [-0.39, 0.29) is 6.42 Å². The van der Waals surface area contributed by atoms with E-state index in [9.17, 15) is 4.79 Å². The minimum absolute atomic E-state index is 0.110. The first-order valence-corrected chi connectivity index (χ1v) is 8.24. The van der Waals surface area contributed by atoms with Crippen LogP contribution in [0.15, 0.2) is 48.5 Å². The highest BCUT2D eigenvalue weighted by Crippen LogP contribution is 2.31. The number of tetrazole rings is 1. The average molecular weight is 348 g/mol. The van der Waals surface area contributed by atoms with Gasteiger partial charge in [-0.25, -0.2) is 4.98 Å². The van der Waals surface area contributed by atoms with Crippen molar-refractivity contribution in [2.24, 2.45) is 0 Å². The number of carboxylic acid groups (broad SMARTS) is 1. The van der Waals surface area contributed by atoms with Gasteiger partial charge in [-0.05, 0) is 23.8 Å². The number of para-hydroxylation sites is 2. The lowest BCUT2D eigenvalue weighted by Gasteiger charge is -2.11. The zero-order chi connectivity index (χ0) is 17.9. The standard InChI is InChI=1S/C18H16N6O2/c25-16(26)10-5-11-24-15-9-4-3-8-14(15)19-18(24)13-7-2-1-6-12(13)17-20-22-23-21-17/h1-4,6-9H,5,10-11H2,(H,25,26)(H,20,21,22,23). The van der Waals surface area contributed by atoms with E-state index in [0.717, 1.165) is 28.0 Å². The minimum atomic E-state index is -0.803. The minimum Gasteiger partial charge on any atom is -0.481 e. The third kappa shape index (κ3) is 2.92. The highest BCUT2D eigenvalue weighted by Gasteiger charge is 2.17. The fourth-order valence-electron chi connectivity index (χ4n) is 3.04. The van der Waals surface area contributed by atoms with Crippen LogP contribution in [-0.4, -0.2) is 41.3 Å². The van der Waals surface area contributed by atoms with Crippen LogP contribution in [0.3, 0.4) is 0 Å². The van der Waals surface area contributed by atoms with E-state index in [2.05, 4.69) is 25.2 Å². The molecular formula is C18H16N6O2. The predicted molar refractivity (Wildman–Crippen MR) is 95.2 cm³/mol. The number of carboxylic acids is 1. The van der Waals surface area contributed by atoms with Gasteiger partial charge < -0.3 is 9.67 Å². The number of carbonyl (C=O) groups is 1. The molecule has 4 aromatic rings. The molecule has 8 nitrogen and oxygen atoms in total. The Kier molecular flexibility index (Phi) is 4.14. The Morgan fingerprint density at radius 3 is 2.62 bits per heavy atom. The van der Waals surface area contributed by atoms with Gasteiger partial charge in [0.1, 0.15) is 5.82 Å². The number of aromatic amines is 1. The summed E-state index contributed by atoms with van der Waals surface area (Å²) in [6, 6.07) is 15.5. The van der Waals surface area contributed by atoms with E-state index >= 15 is 0 Å². The number of H-pyrrole nitrogens is 1. The summed E-state index contributed by atoms with van der Waals surface area (Å²) in [5.41, 5.74) is 3.52. The second-order valence-electron chi connectivity index (χ2n) is 5.85. The number of aryl methyl sites for hydroxylation is 1. The zero-order valence-corrected chi connectivity index (χ0v) is 13.8. The second kappa shape index (κ2) is 6.75. The van der Waals surface area contributed by atoms with Crippen LogP contribution in [0.5, 0.6) is 0 Å². The van der Waals surface area contributed by atoms with Crippen molar-refractivity contribution in [1.82, 2.24) is 30.2 Å². The lowest BCUT2D eigenvalue weighted by Crippen LogP contribution is -2.04. The molecule has 0 saturated heterocycles. The topological polar surface area (TPSA) is 110 Å². The summed E-state index contributed by atoms with van der Waals surface area (Å²) in [4.78, 5) is 15.7. The fraction of sp³-hybridized carbons (Fsp3) is 0.167. The molecule has 8 heteroatoms. The van der Waals surface area contributed by atoms with E-state index in [1.807, 2.05) is 48.5 Å². The van der Waals surface area contributed by atoms with E-state index in [1.54, 1.807) is 0 Å². The summed E-state index contributed by atoms with van der Waals surface area (Å²) in [6.07, 6.45) is 0.630. The Hall–Kier alpha value is -3.55. The zero-order valence-electron chi connectivity index (χ0n) is 13.8. The smallest absolute Gasteiger partial charge is 0.303 e. The van der Waals surface area contributed by atoms with Crippen molar-refractivity contribution >= 4 is 17.0 Å². The Labute approximate surface area is 148 Å². The molecule has 0 amide bonds. The van der Waals surface area contributed by atoms with Gasteiger partial charge in [-0.3, -0.25) is 4.79 Å². The van der Waals surface area contributed by atoms with Crippen LogP contribution in [0, 0.1) is 0 Å². The first-order valence-electron chi connectivity index (χ1n) is 8.24. The van der Waals surface area contributed by atoms with Crippen molar-refractivity contribution in [3.05, 3.63) is 48.5 Å². The van der Waals surface area contributed by atoms with E-state index in [1.165, 1.54) is 0 Å². The Bertz CT molecular complexity index is 1050. The molecule has 0 spiro atoms. The molecule has 0 fully saturated rings. The highest BCUT2D eigenvalue weighted by atomic mass is 16.4. The average Bonchev–Trinajstić information content (AvgIpc) is 3.30. The fourth-order valence-corrected chi connectivity index (χ4v) is 3.04. The van der Waals surface area contributed by atoms with E-state index < -0.39 is 5.97 Å². The molecule has 2 aromatic heterocycles. The number of hydrogen-bond donors (Lipinski definition) is 2. The van der Waals surface area contributed by atoms with Crippen molar-refractivity contribution < 1.29 is 9.90 Å². The van der Waals surface area contributed by atoms with Crippen molar-refractivity contribution in [3.63, 3.8) is 0 Å². The number of imidazole rings is 1. The molecule has 2 N–H and O–H groups in total. The molecule has 0 saturated carbocycles. The van der Waals surface area contributed by atoms with Gasteiger partial charge in [0.25, 0.3) is 0 Å². The molecule has 2 heterocycles. The molecule has 0 aliphatic heterocycles. The van der Waals surface area contributed by atoms with Crippen molar-refractivity contribution in [2.75, 3.05) is 0 Å². The van der Waals surface area contributed by atoms with Crippen LogP contribution in [-0.2, 0) is 11.3 Å². The highest BCUT2D eigenvalue weighted by molar-refractivity contribution is 5.85. The molecule has 2 aromatic carbocycles. The maximum atomic E-state index is 10.9. The van der Waals surface area contributed by atoms with Crippen LogP contribution in [0.25, 0.3) is 33.8 Å². The van der Waals surface area contributed by atoms with Gasteiger partial charge in [-0.2, -0.15) is 5.21 Å². The van der Waals surface area contributed by atoms with Gasteiger partial charge in [0, 0.05) is 24.1 Å². The first-order chi connectivity index (χ1) is 12.7. The number of aromatic nitrogens is 6. The molecule has 4 rings (SSSR count). The number of benzene rings is 2. The molecule has 0 atom stereocenters. The van der Waals surface area contributed by atoms with Crippen molar-refractivity contribution in [2.45, 2.75) is 19.4 Å². The third-order valence-corrected chi connectivity index (χ3v) is 4.18. The number of aliphatic carboxylic acids is 1. The van der Waals surface area contributed by atoms with Crippen molar-refractivity contribution in [3.8, 4) is 22.8 Å². The SMILES string of the molecule is O=C(O)CCCn1c(-c2ccccc2-c2nn[nH]n2)nc2ccccc21. The van der Waals surface area contributed by atoms with Crippen LogP contribution >= 0.6 is 0 Å². The maximum Gasteiger partial charge on any atom is 0.303 e. The van der Waals surface area contributed by atoms with Crippen LogP contribution in [0.2, 0.25) is 0 Å². The molecular weight excluding hydrogens is 332 g/mol. The number of nitrogens with one attached hydrogen (secondary N) is 1. The monoisotopic (exact) mass is 348 g/mol. The van der Waals surface area contributed by atoms with Gasteiger partial charge in [0.15, 0.2) is 0 Å². The van der Waals surface area contributed by atoms with Crippen LogP contribution in [0.4, 0.5) is 0 Å². The molecule has 0 unspecified atom stereocenters. The lowest BCUT2D eigenvalue weighted by molar-refractivity contribution is -0.137. The molecule has 26 heavy (non-hydrogen) atoms. The summed E-state index contributed by atoms with van der Waals surface area (Å²) in [6.45, 7) is 0.558. The number of fused-ring (bicyclic) bond motifs is 1. The van der Waals surface area contributed by atoms with Gasteiger partial charge in [0.05, 0.1) is 11.0 Å². The summed E-state index contributed by atoms with van der Waals surface area (Å²) < 4.78 is 2.05. The van der Waals surface area contributed by atoms with Crippen LogP contribution in [0.1, 0.15) is 12.8 Å². The molecule has 0 aliphatic rings.